The van der Waals surface area contributed by atoms with E-state index >= 15 is 0 Å². The third-order valence-corrected chi connectivity index (χ3v) is 5.12. The maximum Gasteiger partial charge on any atom is 0.0462 e. The number of H-pyrrole nitrogens is 1. The molecule has 1 aromatic carbocycles. The minimum Gasteiger partial charge on any atom is -0.358 e. The fraction of sp³-hybridized carbons (Fsp3) is 0.556. The van der Waals surface area contributed by atoms with Gasteiger partial charge in [-0.05, 0) is 43.0 Å². The van der Waals surface area contributed by atoms with E-state index in [0.29, 0.717) is 12.0 Å². The van der Waals surface area contributed by atoms with Crippen LogP contribution in [-0.4, -0.2) is 17.6 Å². The van der Waals surface area contributed by atoms with Crippen LogP contribution in [0.25, 0.3) is 10.9 Å². The van der Waals surface area contributed by atoms with Crippen molar-refractivity contribution in [3.8, 4) is 0 Å². The number of fused-ring (bicyclic) bond motifs is 2. The summed E-state index contributed by atoms with van der Waals surface area (Å²) in [7, 11) is 0. The molecule has 2 nitrogen and oxygen atoms in total. The topological polar surface area (TPSA) is 27.8 Å². The molecule has 0 saturated carbocycles. The molecule has 2 heterocycles. The summed E-state index contributed by atoms with van der Waals surface area (Å²) in [6.45, 7) is 8.12. The molecule has 2 N–H and O–H groups in total. The second-order valence-corrected chi connectivity index (χ2v) is 7.51. The highest BCUT2D eigenvalue weighted by atomic mass is 14.9. The Morgan fingerprint density at radius 3 is 2.85 bits per heavy atom. The lowest BCUT2D eigenvalue weighted by molar-refractivity contribution is 0.343. The SMILES string of the molecule is CC(C)(C)c1[nH]c2cccc3c2c1C[C@H]1NCCCC31. The van der Waals surface area contributed by atoms with Crippen LogP contribution < -0.4 is 5.32 Å². The fourth-order valence-electron chi connectivity index (χ4n) is 4.26. The fourth-order valence-corrected chi connectivity index (χ4v) is 4.26. The second kappa shape index (κ2) is 4.11. The first-order chi connectivity index (χ1) is 9.55. The van der Waals surface area contributed by atoms with Crippen molar-refractivity contribution in [3.63, 3.8) is 0 Å². The van der Waals surface area contributed by atoms with Gasteiger partial charge in [-0.3, -0.25) is 0 Å². The molecule has 1 aliphatic heterocycles. The molecule has 2 aliphatic rings. The molecule has 2 atom stereocenters. The lowest BCUT2D eigenvalue weighted by Crippen LogP contribution is -2.43. The Bertz CT molecular complexity index is 660. The van der Waals surface area contributed by atoms with Gasteiger partial charge in [-0.2, -0.15) is 0 Å². The van der Waals surface area contributed by atoms with Crippen molar-refractivity contribution in [2.45, 2.75) is 57.4 Å². The van der Waals surface area contributed by atoms with E-state index in [4.69, 9.17) is 0 Å². The number of hydrogen-bond acceptors (Lipinski definition) is 1. The van der Waals surface area contributed by atoms with Crippen LogP contribution in [-0.2, 0) is 11.8 Å². The van der Waals surface area contributed by atoms with Crippen molar-refractivity contribution in [1.82, 2.24) is 10.3 Å². The van der Waals surface area contributed by atoms with Crippen LogP contribution in [0.1, 0.15) is 56.4 Å². The largest absolute Gasteiger partial charge is 0.358 e. The van der Waals surface area contributed by atoms with E-state index in [1.807, 2.05) is 0 Å². The highest BCUT2D eigenvalue weighted by molar-refractivity contribution is 5.90. The molecule has 2 aromatic rings. The molecule has 0 radical (unpaired) electrons. The van der Waals surface area contributed by atoms with Crippen LogP contribution in [0.2, 0.25) is 0 Å². The zero-order chi connectivity index (χ0) is 13.9. The Hall–Kier alpha value is -1.28. The molecular weight excluding hydrogens is 244 g/mol. The first-order valence-electron chi connectivity index (χ1n) is 7.93. The summed E-state index contributed by atoms with van der Waals surface area (Å²) in [5, 5.41) is 5.29. The minimum atomic E-state index is 0.188. The highest BCUT2D eigenvalue weighted by Crippen LogP contribution is 2.44. The van der Waals surface area contributed by atoms with Gasteiger partial charge in [0.2, 0.25) is 0 Å². The summed E-state index contributed by atoms with van der Waals surface area (Å²) in [6.07, 6.45) is 3.84. The summed E-state index contributed by atoms with van der Waals surface area (Å²) in [5.74, 6) is 0.712. The van der Waals surface area contributed by atoms with Crippen molar-refractivity contribution in [2.75, 3.05) is 6.54 Å². The average molecular weight is 268 g/mol. The molecule has 1 aromatic heterocycles. The van der Waals surface area contributed by atoms with Gasteiger partial charge >= 0.3 is 0 Å². The quantitative estimate of drug-likeness (QED) is 0.746. The number of aromatic nitrogens is 1. The van der Waals surface area contributed by atoms with E-state index < -0.39 is 0 Å². The van der Waals surface area contributed by atoms with E-state index in [1.165, 1.54) is 42.4 Å². The third kappa shape index (κ3) is 1.67. The van der Waals surface area contributed by atoms with Crippen molar-refractivity contribution in [3.05, 3.63) is 35.0 Å². The Balaban J connectivity index is 1.99. The number of rotatable bonds is 0. The highest BCUT2D eigenvalue weighted by Gasteiger charge is 2.35. The zero-order valence-electron chi connectivity index (χ0n) is 12.7. The summed E-state index contributed by atoms with van der Waals surface area (Å²) in [5.41, 5.74) is 6.11. The predicted molar refractivity (Wildman–Crippen MR) is 84.5 cm³/mol. The summed E-state index contributed by atoms with van der Waals surface area (Å²) in [6, 6.07) is 7.46. The van der Waals surface area contributed by atoms with Crippen LogP contribution in [0, 0.1) is 0 Å². The maximum absolute atomic E-state index is 3.76. The third-order valence-electron chi connectivity index (χ3n) is 5.12. The molecule has 1 saturated heterocycles. The van der Waals surface area contributed by atoms with Gasteiger partial charge in [-0.1, -0.05) is 32.9 Å². The molecule has 20 heavy (non-hydrogen) atoms. The normalized spacial score (nSPS) is 25.8. The van der Waals surface area contributed by atoms with Crippen LogP contribution in [0.15, 0.2) is 18.2 Å². The van der Waals surface area contributed by atoms with Crippen molar-refractivity contribution in [2.24, 2.45) is 0 Å². The molecule has 1 aliphatic carbocycles. The van der Waals surface area contributed by atoms with E-state index in [1.54, 1.807) is 11.1 Å². The monoisotopic (exact) mass is 268 g/mol. The molecule has 4 rings (SSSR count). The molecule has 0 amide bonds. The number of nitrogens with one attached hydrogen (secondary N) is 2. The van der Waals surface area contributed by atoms with Crippen LogP contribution in [0.4, 0.5) is 0 Å². The summed E-state index contributed by atoms with van der Waals surface area (Å²) < 4.78 is 0. The van der Waals surface area contributed by atoms with Gasteiger partial charge in [0, 0.05) is 34.0 Å². The molecule has 1 fully saturated rings. The standard InChI is InChI=1S/C18H24N2/c1-18(2,3)17-13-10-15-11(7-5-9-19-15)12-6-4-8-14(20-17)16(12)13/h4,6,8,11,15,19-20H,5,7,9-10H2,1-3H3/t11?,15-/m1/s1. The molecule has 1 unspecified atom stereocenters. The molecule has 0 spiro atoms. The molecule has 106 valence electrons. The van der Waals surface area contributed by atoms with Gasteiger partial charge < -0.3 is 10.3 Å². The number of hydrogen-bond donors (Lipinski definition) is 2. The first kappa shape index (κ1) is 12.5. The number of benzene rings is 1. The van der Waals surface area contributed by atoms with Crippen LogP contribution in [0.3, 0.4) is 0 Å². The smallest absolute Gasteiger partial charge is 0.0462 e. The van der Waals surface area contributed by atoms with E-state index in [0.717, 1.165) is 0 Å². The van der Waals surface area contributed by atoms with Crippen LogP contribution in [0.5, 0.6) is 0 Å². The molecule has 2 heteroatoms. The summed E-state index contributed by atoms with van der Waals surface area (Å²) in [4.78, 5) is 3.72. The lowest BCUT2D eigenvalue weighted by atomic mass is 9.74. The molecular formula is C18H24N2. The average Bonchev–Trinajstić information content (AvgIpc) is 2.79. The molecule has 0 bridgehead atoms. The second-order valence-electron chi connectivity index (χ2n) is 7.51. The first-order valence-corrected chi connectivity index (χ1v) is 7.93. The van der Waals surface area contributed by atoms with Crippen molar-refractivity contribution in [1.29, 1.82) is 0 Å². The number of piperidine rings is 1. The lowest BCUT2D eigenvalue weighted by Gasteiger charge is -2.37. The van der Waals surface area contributed by atoms with E-state index in [9.17, 15) is 0 Å². The van der Waals surface area contributed by atoms with Gasteiger partial charge in [0.05, 0.1) is 0 Å². The van der Waals surface area contributed by atoms with Gasteiger partial charge in [-0.25, -0.2) is 0 Å². The zero-order valence-corrected chi connectivity index (χ0v) is 12.7. The Morgan fingerprint density at radius 2 is 2.05 bits per heavy atom. The number of aromatic amines is 1. The van der Waals surface area contributed by atoms with Crippen LogP contribution >= 0.6 is 0 Å². The Morgan fingerprint density at radius 1 is 1.20 bits per heavy atom. The Kier molecular flexibility index (Phi) is 2.56. The summed E-state index contributed by atoms with van der Waals surface area (Å²) >= 11 is 0. The van der Waals surface area contributed by atoms with E-state index in [2.05, 4.69) is 49.3 Å². The predicted octanol–water partition coefficient (Wildman–Crippen LogP) is 3.86. The maximum atomic E-state index is 3.76. The van der Waals surface area contributed by atoms with E-state index in [-0.39, 0.29) is 5.41 Å². The minimum absolute atomic E-state index is 0.188. The van der Waals surface area contributed by atoms with Gasteiger partial charge in [0.15, 0.2) is 0 Å². The van der Waals surface area contributed by atoms with Crippen molar-refractivity contribution < 1.29 is 0 Å². The van der Waals surface area contributed by atoms with Gasteiger partial charge in [0.25, 0.3) is 0 Å². The van der Waals surface area contributed by atoms with Gasteiger partial charge in [-0.15, -0.1) is 0 Å². The van der Waals surface area contributed by atoms with Gasteiger partial charge in [0.1, 0.15) is 0 Å². The Labute approximate surface area is 121 Å². The van der Waals surface area contributed by atoms with Crippen molar-refractivity contribution >= 4 is 10.9 Å².